The van der Waals surface area contributed by atoms with Crippen LogP contribution in [0.25, 0.3) is 0 Å². The van der Waals surface area contributed by atoms with Crippen molar-refractivity contribution >= 4 is 17.5 Å². The highest BCUT2D eigenvalue weighted by Gasteiger charge is 2.23. The van der Waals surface area contributed by atoms with Gasteiger partial charge >= 0.3 is 0 Å². The van der Waals surface area contributed by atoms with Crippen LogP contribution in [-0.2, 0) is 11.2 Å². The number of rotatable bonds is 5. The summed E-state index contributed by atoms with van der Waals surface area (Å²) in [5.41, 5.74) is 3.32. The van der Waals surface area contributed by atoms with Gasteiger partial charge < -0.3 is 9.64 Å². The van der Waals surface area contributed by atoms with E-state index < -0.39 is 0 Å². The molecule has 4 heteroatoms. The molecule has 0 radical (unpaired) electrons. The number of carbonyl (C=O) groups excluding carboxylic acids is 1. The van der Waals surface area contributed by atoms with E-state index in [1.54, 1.807) is 0 Å². The number of benzene rings is 2. The highest BCUT2D eigenvalue weighted by molar-refractivity contribution is 6.32. The number of aryl methyl sites for hydroxylation is 2. The zero-order valence-corrected chi connectivity index (χ0v) is 16.3. The first-order valence-electron chi connectivity index (χ1n) is 9.24. The van der Waals surface area contributed by atoms with E-state index in [9.17, 15) is 4.79 Å². The summed E-state index contributed by atoms with van der Waals surface area (Å²) in [5, 5.41) is 0.754. The largest absolute Gasteiger partial charge is 0.484 e. The van der Waals surface area contributed by atoms with Crippen molar-refractivity contribution in [2.75, 3.05) is 19.7 Å². The van der Waals surface area contributed by atoms with Gasteiger partial charge in [0.05, 0.1) is 0 Å². The predicted octanol–water partition coefficient (Wildman–Crippen LogP) is 4.82. The van der Waals surface area contributed by atoms with E-state index in [2.05, 4.69) is 30.3 Å². The van der Waals surface area contributed by atoms with Crippen LogP contribution >= 0.6 is 11.6 Å². The Morgan fingerprint density at radius 3 is 2.35 bits per heavy atom. The second-order valence-electron chi connectivity index (χ2n) is 7.17. The minimum absolute atomic E-state index is 0.0633. The normalized spacial score (nSPS) is 15.1. The van der Waals surface area contributed by atoms with Gasteiger partial charge in [-0.3, -0.25) is 4.79 Å². The van der Waals surface area contributed by atoms with Gasteiger partial charge in [-0.05, 0) is 67.9 Å². The third kappa shape index (κ3) is 4.79. The molecule has 2 aromatic rings. The molecule has 1 heterocycles. The molecular formula is C22H26ClNO2. The van der Waals surface area contributed by atoms with E-state index in [1.165, 1.54) is 5.56 Å². The van der Waals surface area contributed by atoms with Crippen LogP contribution in [0.3, 0.4) is 0 Å². The Kier molecular flexibility index (Phi) is 6.20. The fourth-order valence-corrected chi connectivity index (χ4v) is 3.67. The molecule has 0 atom stereocenters. The Hall–Kier alpha value is -2.00. The molecule has 0 aromatic heterocycles. The molecule has 1 saturated heterocycles. The van der Waals surface area contributed by atoms with Crippen molar-refractivity contribution in [3.05, 3.63) is 64.2 Å². The first kappa shape index (κ1) is 18.8. The van der Waals surface area contributed by atoms with Gasteiger partial charge in [-0.1, -0.05) is 41.9 Å². The molecule has 0 spiro atoms. The average molecular weight is 372 g/mol. The lowest BCUT2D eigenvalue weighted by Gasteiger charge is -2.32. The minimum Gasteiger partial charge on any atom is -0.484 e. The van der Waals surface area contributed by atoms with Gasteiger partial charge in [0.1, 0.15) is 5.75 Å². The maximum Gasteiger partial charge on any atom is 0.260 e. The van der Waals surface area contributed by atoms with Crippen LogP contribution in [0.4, 0.5) is 0 Å². The monoisotopic (exact) mass is 371 g/mol. The Morgan fingerprint density at radius 2 is 1.73 bits per heavy atom. The molecule has 0 bridgehead atoms. The fraction of sp³-hybridized carbons (Fsp3) is 0.409. The van der Waals surface area contributed by atoms with Gasteiger partial charge in [0.25, 0.3) is 5.91 Å². The third-order valence-corrected chi connectivity index (χ3v) is 5.70. The molecule has 3 rings (SSSR count). The Morgan fingerprint density at radius 1 is 1.12 bits per heavy atom. The molecule has 0 unspecified atom stereocenters. The maximum atomic E-state index is 12.4. The van der Waals surface area contributed by atoms with Gasteiger partial charge in [-0.2, -0.15) is 0 Å². The topological polar surface area (TPSA) is 29.5 Å². The molecule has 1 aliphatic rings. The third-order valence-electron chi connectivity index (χ3n) is 5.11. The summed E-state index contributed by atoms with van der Waals surface area (Å²) in [6, 6.07) is 14.4. The Labute approximate surface area is 160 Å². The fourth-order valence-electron chi connectivity index (χ4n) is 3.56. The molecule has 0 N–H and O–H groups in total. The highest BCUT2D eigenvalue weighted by Crippen LogP contribution is 2.26. The number of hydrogen-bond acceptors (Lipinski definition) is 2. The van der Waals surface area contributed by atoms with Crippen LogP contribution in [0, 0.1) is 19.8 Å². The van der Waals surface area contributed by atoms with E-state index in [4.69, 9.17) is 16.3 Å². The lowest BCUT2D eigenvalue weighted by Crippen LogP contribution is -2.41. The van der Waals surface area contributed by atoms with Crippen LogP contribution in [-0.4, -0.2) is 30.5 Å². The average Bonchev–Trinajstić information content (AvgIpc) is 2.65. The van der Waals surface area contributed by atoms with Gasteiger partial charge in [0.2, 0.25) is 0 Å². The highest BCUT2D eigenvalue weighted by atomic mass is 35.5. The first-order valence-corrected chi connectivity index (χ1v) is 9.62. The number of piperidine rings is 1. The van der Waals surface area contributed by atoms with Crippen molar-refractivity contribution in [2.45, 2.75) is 33.1 Å². The second-order valence-corrected chi connectivity index (χ2v) is 7.55. The lowest BCUT2D eigenvalue weighted by molar-refractivity contribution is -0.134. The zero-order chi connectivity index (χ0) is 18.5. The molecule has 138 valence electrons. The van der Waals surface area contributed by atoms with Crippen molar-refractivity contribution in [3.8, 4) is 5.75 Å². The molecule has 1 amide bonds. The van der Waals surface area contributed by atoms with Crippen molar-refractivity contribution < 1.29 is 9.53 Å². The van der Waals surface area contributed by atoms with E-state index >= 15 is 0 Å². The second kappa shape index (κ2) is 8.59. The summed E-state index contributed by atoms with van der Waals surface area (Å²) >= 11 is 6.17. The Balaban J connectivity index is 1.46. The zero-order valence-electron chi connectivity index (χ0n) is 15.5. The van der Waals surface area contributed by atoms with Crippen LogP contribution in [0.15, 0.2) is 42.5 Å². The van der Waals surface area contributed by atoms with Crippen molar-refractivity contribution in [1.29, 1.82) is 0 Å². The van der Waals surface area contributed by atoms with E-state index in [0.717, 1.165) is 48.5 Å². The predicted molar refractivity (Wildman–Crippen MR) is 106 cm³/mol. The summed E-state index contributed by atoms with van der Waals surface area (Å²) in [4.78, 5) is 14.4. The molecule has 0 aliphatic carbocycles. The van der Waals surface area contributed by atoms with Gasteiger partial charge in [-0.15, -0.1) is 0 Å². The van der Waals surface area contributed by atoms with Crippen LogP contribution < -0.4 is 4.74 Å². The van der Waals surface area contributed by atoms with Gasteiger partial charge in [0, 0.05) is 18.1 Å². The Bertz CT molecular complexity index is 729. The lowest BCUT2D eigenvalue weighted by atomic mass is 9.90. The molecule has 0 saturated carbocycles. The number of nitrogens with zero attached hydrogens (tertiary/aromatic N) is 1. The molecule has 3 nitrogen and oxygen atoms in total. The number of hydrogen-bond donors (Lipinski definition) is 0. The number of likely N-dealkylation sites (tertiary alicyclic amines) is 1. The number of carbonyl (C=O) groups is 1. The molecule has 1 aliphatic heterocycles. The molecular weight excluding hydrogens is 346 g/mol. The quantitative estimate of drug-likeness (QED) is 0.754. The van der Waals surface area contributed by atoms with Crippen molar-refractivity contribution in [1.82, 2.24) is 4.90 Å². The number of amides is 1. The summed E-state index contributed by atoms with van der Waals surface area (Å²) in [6.45, 7) is 5.61. The number of ether oxygens (including phenoxy) is 1. The van der Waals surface area contributed by atoms with Gasteiger partial charge in [0.15, 0.2) is 6.61 Å². The van der Waals surface area contributed by atoms with Gasteiger partial charge in [-0.25, -0.2) is 0 Å². The summed E-state index contributed by atoms with van der Waals surface area (Å²) < 4.78 is 5.71. The summed E-state index contributed by atoms with van der Waals surface area (Å²) in [7, 11) is 0. The van der Waals surface area contributed by atoms with Crippen LogP contribution in [0.1, 0.15) is 29.5 Å². The molecule has 26 heavy (non-hydrogen) atoms. The first-order chi connectivity index (χ1) is 12.5. The molecule has 1 fully saturated rings. The maximum absolute atomic E-state index is 12.4. The number of halogens is 1. The SMILES string of the molecule is Cc1cc(OCC(=O)N2CCC(Cc3ccccc3)CC2)cc(C)c1Cl. The van der Waals surface area contributed by atoms with E-state index in [0.29, 0.717) is 11.7 Å². The summed E-state index contributed by atoms with van der Waals surface area (Å²) in [5.74, 6) is 1.43. The van der Waals surface area contributed by atoms with E-state index in [1.807, 2.05) is 30.9 Å². The van der Waals surface area contributed by atoms with Crippen LogP contribution in [0.2, 0.25) is 5.02 Å². The van der Waals surface area contributed by atoms with Crippen molar-refractivity contribution in [2.24, 2.45) is 5.92 Å². The summed E-state index contributed by atoms with van der Waals surface area (Å²) in [6.07, 6.45) is 3.21. The molecule has 2 aromatic carbocycles. The van der Waals surface area contributed by atoms with Crippen LogP contribution in [0.5, 0.6) is 5.75 Å². The van der Waals surface area contributed by atoms with E-state index in [-0.39, 0.29) is 12.5 Å². The van der Waals surface area contributed by atoms with Crippen molar-refractivity contribution in [3.63, 3.8) is 0 Å². The standard InChI is InChI=1S/C22H26ClNO2/c1-16-12-20(13-17(2)22(16)23)26-15-21(25)24-10-8-19(9-11-24)14-18-6-4-3-5-7-18/h3-7,12-13,19H,8-11,14-15H2,1-2H3. The minimum atomic E-state index is 0.0633. The smallest absolute Gasteiger partial charge is 0.260 e.